The van der Waals surface area contributed by atoms with Gasteiger partial charge in [-0.25, -0.2) is 0 Å². The Balaban J connectivity index is 2.77. The van der Waals surface area contributed by atoms with E-state index in [-0.39, 0.29) is 12.5 Å². The van der Waals surface area contributed by atoms with Crippen molar-refractivity contribution in [3.8, 4) is 5.75 Å². The molecule has 0 saturated heterocycles. The standard InChI is InChI=1S/C15H24N2O3/c1-4-15(19,5-2)10-17-14(18)11-7-12(16)9-13(8-11)20-6-3/h7-9,19H,4-6,10,16H2,1-3H3,(H,17,18). The molecule has 0 heterocycles. The van der Waals surface area contributed by atoms with Crippen molar-refractivity contribution < 1.29 is 14.6 Å². The maximum absolute atomic E-state index is 12.1. The van der Waals surface area contributed by atoms with Crippen LogP contribution in [-0.4, -0.2) is 29.8 Å². The van der Waals surface area contributed by atoms with Crippen LogP contribution in [0.25, 0.3) is 0 Å². The minimum atomic E-state index is -0.862. The highest BCUT2D eigenvalue weighted by Crippen LogP contribution is 2.19. The van der Waals surface area contributed by atoms with Gasteiger partial charge in [0.2, 0.25) is 0 Å². The monoisotopic (exact) mass is 280 g/mol. The molecule has 1 amide bonds. The molecule has 5 heteroatoms. The molecule has 1 rings (SSSR count). The number of nitrogen functional groups attached to an aromatic ring is 1. The summed E-state index contributed by atoms with van der Waals surface area (Å²) in [5.74, 6) is 0.303. The summed E-state index contributed by atoms with van der Waals surface area (Å²) in [6.45, 7) is 6.38. The van der Waals surface area contributed by atoms with Crippen LogP contribution in [-0.2, 0) is 0 Å². The Morgan fingerprint density at radius 3 is 2.50 bits per heavy atom. The number of amides is 1. The van der Waals surface area contributed by atoms with Gasteiger partial charge in [0.05, 0.1) is 12.2 Å². The minimum absolute atomic E-state index is 0.220. The van der Waals surface area contributed by atoms with E-state index < -0.39 is 5.60 Å². The van der Waals surface area contributed by atoms with Gasteiger partial charge in [-0.1, -0.05) is 13.8 Å². The summed E-state index contributed by atoms with van der Waals surface area (Å²) in [6, 6.07) is 4.91. The summed E-state index contributed by atoms with van der Waals surface area (Å²) in [4.78, 5) is 12.1. The molecule has 0 aromatic heterocycles. The first-order valence-corrected chi connectivity index (χ1v) is 6.98. The number of anilines is 1. The van der Waals surface area contributed by atoms with Gasteiger partial charge in [0.1, 0.15) is 5.75 Å². The SMILES string of the molecule is CCOc1cc(N)cc(C(=O)NCC(O)(CC)CC)c1. The van der Waals surface area contributed by atoms with Crippen LogP contribution in [0.15, 0.2) is 18.2 Å². The smallest absolute Gasteiger partial charge is 0.251 e. The Kier molecular flexibility index (Phi) is 5.82. The van der Waals surface area contributed by atoms with E-state index >= 15 is 0 Å². The Bertz CT molecular complexity index is 456. The third-order valence-electron chi connectivity index (χ3n) is 3.40. The lowest BCUT2D eigenvalue weighted by atomic mass is 9.97. The third-order valence-corrected chi connectivity index (χ3v) is 3.40. The first-order chi connectivity index (χ1) is 9.44. The number of ether oxygens (including phenoxy) is 1. The van der Waals surface area contributed by atoms with Crippen LogP contribution in [0, 0.1) is 0 Å². The highest BCUT2D eigenvalue weighted by atomic mass is 16.5. The number of nitrogens with one attached hydrogen (secondary N) is 1. The molecule has 0 radical (unpaired) electrons. The zero-order valence-electron chi connectivity index (χ0n) is 12.4. The van der Waals surface area contributed by atoms with Crippen molar-refractivity contribution in [3.05, 3.63) is 23.8 Å². The number of hydrogen-bond acceptors (Lipinski definition) is 4. The number of nitrogens with two attached hydrogens (primary N) is 1. The van der Waals surface area contributed by atoms with Crippen molar-refractivity contribution >= 4 is 11.6 Å². The maximum atomic E-state index is 12.1. The molecule has 0 spiro atoms. The van der Waals surface area contributed by atoms with E-state index in [0.717, 1.165) is 0 Å². The fraction of sp³-hybridized carbons (Fsp3) is 0.533. The lowest BCUT2D eigenvalue weighted by molar-refractivity contribution is 0.0314. The molecule has 20 heavy (non-hydrogen) atoms. The summed E-state index contributed by atoms with van der Waals surface area (Å²) in [7, 11) is 0. The van der Waals surface area contributed by atoms with Crippen LogP contribution >= 0.6 is 0 Å². The summed E-state index contributed by atoms with van der Waals surface area (Å²) in [6.07, 6.45) is 1.18. The molecule has 0 saturated carbocycles. The van der Waals surface area contributed by atoms with Crippen molar-refractivity contribution in [2.24, 2.45) is 0 Å². The predicted molar refractivity (Wildman–Crippen MR) is 79.9 cm³/mol. The molecule has 0 aliphatic heterocycles. The van der Waals surface area contributed by atoms with E-state index in [1.54, 1.807) is 18.2 Å². The topological polar surface area (TPSA) is 84.6 Å². The van der Waals surface area contributed by atoms with Gasteiger partial charge in [-0.15, -0.1) is 0 Å². The van der Waals surface area contributed by atoms with E-state index in [2.05, 4.69) is 5.32 Å². The molecular weight excluding hydrogens is 256 g/mol. The van der Waals surface area contributed by atoms with Gasteiger partial charge in [0, 0.05) is 23.9 Å². The van der Waals surface area contributed by atoms with Gasteiger partial charge < -0.3 is 20.9 Å². The number of benzene rings is 1. The van der Waals surface area contributed by atoms with Crippen molar-refractivity contribution in [2.45, 2.75) is 39.2 Å². The molecule has 4 N–H and O–H groups in total. The second kappa shape index (κ2) is 7.14. The van der Waals surface area contributed by atoms with Crippen LogP contribution in [0.4, 0.5) is 5.69 Å². The van der Waals surface area contributed by atoms with Gasteiger partial charge in [-0.05, 0) is 31.9 Å². The summed E-state index contributed by atoms with van der Waals surface area (Å²) >= 11 is 0. The Morgan fingerprint density at radius 1 is 1.30 bits per heavy atom. The fourth-order valence-corrected chi connectivity index (χ4v) is 1.85. The molecule has 0 bridgehead atoms. The first kappa shape index (κ1) is 16.3. The zero-order chi connectivity index (χ0) is 15.2. The van der Waals surface area contributed by atoms with Crippen LogP contribution < -0.4 is 15.8 Å². The lowest BCUT2D eigenvalue weighted by Crippen LogP contribution is -2.42. The number of aliphatic hydroxyl groups is 1. The minimum Gasteiger partial charge on any atom is -0.494 e. The molecule has 0 aliphatic carbocycles. The van der Waals surface area contributed by atoms with Gasteiger partial charge in [-0.3, -0.25) is 4.79 Å². The van der Waals surface area contributed by atoms with Crippen LogP contribution in [0.1, 0.15) is 44.0 Å². The highest BCUT2D eigenvalue weighted by molar-refractivity contribution is 5.95. The molecule has 0 aliphatic rings. The summed E-state index contributed by atoms with van der Waals surface area (Å²) < 4.78 is 5.36. The predicted octanol–water partition coefficient (Wildman–Crippen LogP) is 1.95. The van der Waals surface area contributed by atoms with E-state index in [1.165, 1.54) is 0 Å². The van der Waals surface area contributed by atoms with E-state index in [9.17, 15) is 9.90 Å². The van der Waals surface area contributed by atoms with Crippen LogP contribution in [0.5, 0.6) is 5.75 Å². The van der Waals surface area contributed by atoms with Gasteiger partial charge in [-0.2, -0.15) is 0 Å². The van der Waals surface area contributed by atoms with E-state index in [4.69, 9.17) is 10.5 Å². The highest BCUT2D eigenvalue weighted by Gasteiger charge is 2.23. The molecular formula is C15H24N2O3. The lowest BCUT2D eigenvalue weighted by Gasteiger charge is -2.25. The van der Waals surface area contributed by atoms with Gasteiger partial charge >= 0.3 is 0 Å². The molecule has 112 valence electrons. The summed E-state index contributed by atoms with van der Waals surface area (Å²) in [5, 5.41) is 12.9. The van der Waals surface area contributed by atoms with Crippen molar-refractivity contribution in [2.75, 3.05) is 18.9 Å². The van der Waals surface area contributed by atoms with Gasteiger partial charge in [0.25, 0.3) is 5.91 Å². The normalized spacial score (nSPS) is 11.2. The average Bonchev–Trinajstić information content (AvgIpc) is 2.44. The van der Waals surface area contributed by atoms with Crippen LogP contribution in [0.2, 0.25) is 0 Å². The van der Waals surface area contributed by atoms with Crippen molar-refractivity contribution in [3.63, 3.8) is 0 Å². The van der Waals surface area contributed by atoms with Crippen molar-refractivity contribution in [1.29, 1.82) is 0 Å². The summed E-state index contributed by atoms with van der Waals surface area (Å²) in [5.41, 5.74) is 5.80. The molecule has 1 aromatic rings. The number of carbonyl (C=O) groups is 1. The first-order valence-electron chi connectivity index (χ1n) is 6.98. The van der Waals surface area contributed by atoms with Crippen molar-refractivity contribution in [1.82, 2.24) is 5.32 Å². The van der Waals surface area contributed by atoms with Crippen LogP contribution in [0.3, 0.4) is 0 Å². The molecule has 0 atom stereocenters. The fourth-order valence-electron chi connectivity index (χ4n) is 1.85. The molecule has 1 aromatic carbocycles. The average molecular weight is 280 g/mol. The zero-order valence-corrected chi connectivity index (χ0v) is 12.4. The third kappa shape index (κ3) is 4.42. The molecule has 0 unspecified atom stereocenters. The second-order valence-electron chi connectivity index (χ2n) is 4.84. The quantitative estimate of drug-likeness (QED) is 0.666. The second-order valence-corrected chi connectivity index (χ2v) is 4.84. The number of rotatable bonds is 7. The Morgan fingerprint density at radius 2 is 1.95 bits per heavy atom. The number of hydrogen-bond donors (Lipinski definition) is 3. The van der Waals surface area contributed by atoms with E-state index in [0.29, 0.717) is 36.4 Å². The maximum Gasteiger partial charge on any atom is 0.251 e. The van der Waals surface area contributed by atoms with E-state index in [1.807, 2.05) is 20.8 Å². The molecule has 0 fully saturated rings. The Hall–Kier alpha value is -1.75. The number of carbonyl (C=O) groups excluding carboxylic acids is 1. The largest absolute Gasteiger partial charge is 0.494 e. The molecule has 5 nitrogen and oxygen atoms in total. The van der Waals surface area contributed by atoms with Gasteiger partial charge in [0.15, 0.2) is 0 Å². The Labute approximate surface area is 120 Å².